The third kappa shape index (κ3) is 1.36. The van der Waals surface area contributed by atoms with Gasteiger partial charge in [0.05, 0.1) is 0 Å². The van der Waals surface area contributed by atoms with Crippen molar-refractivity contribution < 1.29 is 5.48 Å². The van der Waals surface area contributed by atoms with Gasteiger partial charge in [-0.15, -0.1) is 0 Å². The summed E-state index contributed by atoms with van der Waals surface area (Å²) in [7, 11) is 0. The van der Waals surface area contributed by atoms with Crippen LogP contribution in [0, 0.1) is 0 Å². The van der Waals surface area contributed by atoms with E-state index in [4.69, 9.17) is 0 Å². The summed E-state index contributed by atoms with van der Waals surface area (Å²) in [6, 6.07) is 10.2. The summed E-state index contributed by atoms with van der Waals surface area (Å²) >= 11 is 0. The van der Waals surface area contributed by atoms with Crippen molar-refractivity contribution in [2.45, 2.75) is 0 Å². The maximum atomic E-state index is 4.01. The predicted molar refractivity (Wildman–Crippen MR) is 45.4 cm³/mol. The Morgan fingerprint density at radius 2 is 1.64 bits per heavy atom. The van der Waals surface area contributed by atoms with Gasteiger partial charge in [0.25, 0.3) is 0 Å². The molecule has 0 bridgehead atoms. The molecule has 0 atom stereocenters. The fourth-order valence-corrected chi connectivity index (χ4v) is 1.03. The molecule has 2 nitrogen and oxygen atoms in total. The Bertz CT molecular complexity index is 281. The van der Waals surface area contributed by atoms with E-state index in [1.807, 2.05) is 30.6 Å². The van der Waals surface area contributed by atoms with E-state index < -0.39 is 0 Å². The molecule has 0 aliphatic carbocycles. The quantitative estimate of drug-likeness (QED) is 0.555. The lowest BCUT2D eigenvalue weighted by atomic mass is 10.2. The molecule has 0 radical (unpaired) electrons. The molecule has 2 aromatic rings. The molecular formula is C9H9NO. The molecule has 0 aliphatic heterocycles. The molecule has 0 aliphatic rings. The zero-order valence-corrected chi connectivity index (χ0v) is 5.99. The maximum Gasteiger partial charge on any atom is 0.0346 e. The van der Waals surface area contributed by atoms with Gasteiger partial charge in [-0.05, 0) is 16.8 Å². The molecule has 0 amide bonds. The Morgan fingerprint density at radius 1 is 0.909 bits per heavy atom. The molecule has 2 heteroatoms. The highest BCUT2D eigenvalue weighted by Gasteiger charge is 1.86. The lowest BCUT2D eigenvalue weighted by molar-refractivity contribution is 0.824. The van der Waals surface area contributed by atoms with Crippen molar-refractivity contribution in [2.75, 3.05) is 0 Å². The van der Waals surface area contributed by atoms with Crippen LogP contribution in [0.4, 0.5) is 0 Å². The van der Waals surface area contributed by atoms with Gasteiger partial charge >= 0.3 is 0 Å². The summed E-state index contributed by atoms with van der Waals surface area (Å²) in [5.41, 5.74) is 0. The van der Waals surface area contributed by atoms with E-state index in [-0.39, 0.29) is 5.48 Å². The second-order valence-electron chi connectivity index (χ2n) is 2.22. The second-order valence-corrected chi connectivity index (χ2v) is 2.22. The SMILES string of the molecule is O.c1ccc2cnccc2c1. The number of rotatable bonds is 0. The van der Waals surface area contributed by atoms with E-state index in [1.165, 1.54) is 10.8 Å². The molecule has 1 aromatic heterocycles. The molecule has 0 spiro atoms. The average molecular weight is 147 g/mol. The largest absolute Gasteiger partial charge is 0.412 e. The summed E-state index contributed by atoms with van der Waals surface area (Å²) in [5, 5.41) is 2.45. The average Bonchev–Trinajstić information content (AvgIpc) is 2.05. The van der Waals surface area contributed by atoms with E-state index in [1.54, 1.807) is 0 Å². The van der Waals surface area contributed by atoms with Gasteiger partial charge in [-0.2, -0.15) is 0 Å². The first-order valence-corrected chi connectivity index (χ1v) is 3.25. The smallest absolute Gasteiger partial charge is 0.0346 e. The summed E-state index contributed by atoms with van der Waals surface area (Å²) in [5.74, 6) is 0. The van der Waals surface area contributed by atoms with Gasteiger partial charge in [-0.25, -0.2) is 0 Å². The Labute approximate surface area is 64.8 Å². The fraction of sp³-hybridized carbons (Fsp3) is 0. The van der Waals surface area contributed by atoms with Crippen LogP contribution in [0.15, 0.2) is 42.7 Å². The van der Waals surface area contributed by atoms with Gasteiger partial charge in [0.2, 0.25) is 0 Å². The first-order valence-electron chi connectivity index (χ1n) is 3.25. The number of hydrogen-bond acceptors (Lipinski definition) is 1. The van der Waals surface area contributed by atoms with Gasteiger partial charge in [0, 0.05) is 12.4 Å². The highest BCUT2D eigenvalue weighted by atomic mass is 16.0. The van der Waals surface area contributed by atoms with Crippen molar-refractivity contribution >= 4 is 10.8 Å². The third-order valence-corrected chi connectivity index (χ3v) is 1.55. The number of pyridine rings is 1. The minimum Gasteiger partial charge on any atom is -0.412 e. The summed E-state index contributed by atoms with van der Waals surface area (Å²) < 4.78 is 0. The lowest BCUT2D eigenvalue weighted by Gasteiger charge is -1.91. The molecule has 0 fully saturated rings. The molecule has 2 N–H and O–H groups in total. The zero-order chi connectivity index (χ0) is 6.81. The number of aromatic nitrogens is 1. The molecular weight excluding hydrogens is 138 g/mol. The Kier molecular flexibility index (Phi) is 2.18. The monoisotopic (exact) mass is 147 g/mol. The van der Waals surface area contributed by atoms with Crippen molar-refractivity contribution in [2.24, 2.45) is 0 Å². The predicted octanol–water partition coefficient (Wildman–Crippen LogP) is 1.41. The second kappa shape index (κ2) is 3.12. The lowest BCUT2D eigenvalue weighted by Crippen LogP contribution is -1.71. The summed E-state index contributed by atoms with van der Waals surface area (Å²) in [6.45, 7) is 0. The topological polar surface area (TPSA) is 44.4 Å². The minimum absolute atomic E-state index is 0. The van der Waals surface area contributed by atoms with Crippen LogP contribution in [0.5, 0.6) is 0 Å². The van der Waals surface area contributed by atoms with Crippen molar-refractivity contribution in [3.05, 3.63) is 42.7 Å². The van der Waals surface area contributed by atoms with Crippen molar-refractivity contribution in [1.29, 1.82) is 0 Å². The Balaban J connectivity index is 0.000000605. The minimum atomic E-state index is 0. The molecule has 1 aromatic carbocycles. The van der Waals surface area contributed by atoms with Gasteiger partial charge in [-0.3, -0.25) is 4.98 Å². The van der Waals surface area contributed by atoms with Gasteiger partial charge < -0.3 is 5.48 Å². The Hall–Kier alpha value is -1.41. The van der Waals surface area contributed by atoms with Crippen LogP contribution in [0.25, 0.3) is 10.8 Å². The number of nitrogens with zero attached hydrogens (tertiary/aromatic N) is 1. The van der Waals surface area contributed by atoms with Crippen LogP contribution in [0.1, 0.15) is 0 Å². The Morgan fingerprint density at radius 3 is 2.36 bits per heavy atom. The molecule has 0 saturated heterocycles. The van der Waals surface area contributed by atoms with Gasteiger partial charge in [0.1, 0.15) is 0 Å². The normalized spacial score (nSPS) is 9.09. The highest BCUT2D eigenvalue weighted by molar-refractivity contribution is 5.80. The highest BCUT2D eigenvalue weighted by Crippen LogP contribution is 2.09. The van der Waals surface area contributed by atoms with Crippen molar-refractivity contribution in [1.82, 2.24) is 4.98 Å². The molecule has 56 valence electrons. The first-order chi connectivity index (χ1) is 4.97. The standard InChI is InChI=1S/C9H7N.H2O/c1-2-4-9-7-10-6-5-8(9)3-1;/h1-7H;1H2. The maximum absolute atomic E-state index is 4.01. The van der Waals surface area contributed by atoms with E-state index in [2.05, 4.69) is 17.1 Å². The van der Waals surface area contributed by atoms with Crippen molar-refractivity contribution in [3.8, 4) is 0 Å². The van der Waals surface area contributed by atoms with E-state index in [0.717, 1.165) is 0 Å². The van der Waals surface area contributed by atoms with E-state index in [0.29, 0.717) is 0 Å². The number of benzene rings is 1. The number of hydrogen-bond donors (Lipinski definition) is 0. The van der Waals surface area contributed by atoms with E-state index >= 15 is 0 Å². The number of fused-ring (bicyclic) bond motifs is 1. The molecule has 1 heterocycles. The molecule has 0 saturated carbocycles. The van der Waals surface area contributed by atoms with Crippen LogP contribution >= 0.6 is 0 Å². The zero-order valence-electron chi connectivity index (χ0n) is 5.99. The first kappa shape index (κ1) is 7.69. The van der Waals surface area contributed by atoms with Crippen LogP contribution < -0.4 is 0 Å². The molecule has 11 heavy (non-hydrogen) atoms. The summed E-state index contributed by atoms with van der Waals surface area (Å²) in [6.07, 6.45) is 3.68. The van der Waals surface area contributed by atoms with Crippen LogP contribution in [-0.2, 0) is 0 Å². The van der Waals surface area contributed by atoms with E-state index in [9.17, 15) is 0 Å². The fourth-order valence-electron chi connectivity index (χ4n) is 1.03. The third-order valence-electron chi connectivity index (χ3n) is 1.55. The summed E-state index contributed by atoms with van der Waals surface area (Å²) in [4.78, 5) is 4.01. The van der Waals surface area contributed by atoms with Crippen molar-refractivity contribution in [3.63, 3.8) is 0 Å². The van der Waals surface area contributed by atoms with Crippen LogP contribution in [0.2, 0.25) is 0 Å². The molecule has 2 rings (SSSR count). The molecule has 0 unspecified atom stereocenters. The van der Waals surface area contributed by atoms with Crippen LogP contribution in [0.3, 0.4) is 0 Å². The van der Waals surface area contributed by atoms with Gasteiger partial charge in [-0.1, -0.05) is 24.3 Å². The van der Waals surface area contributed by atoms with Crippen LogP contribution in [-0.4, -0.2) is 10.5 Å². The van der Waals surface area contributed by atoms with Gasteiger partial charge in [0.15, 0.2) is 0 Å².